The fourth-order valence-corrected chi connectivity index (χ4v) is 3.18. The highest BCUT2D eigenvalue weighted by Gasteiger charge is 2.31. The average molecular weight is 227 g/mol. The van der Waals surface area contributed by atoms with Crippen molar-refractivity contribution in [3.63, 3.8) is 0 Å². The number of nitrogens with zero attached hydrogens (tertiary/aromatic N) is 1. The third-order valence-electron chi connectivity index (χ3n) is 2.59. The van der Waals surface area contributed by atoms with E-state index in [1.54, 1.807) is 6.08 Å². The first-order chi connectivity index (χ1) is 7.07. The number of morpholine rings is 1. The maximum atomic E-state index is 11.6. The number of allylic oxidation sites excluding steroid dienone is 1. The fourth-order valence-electron chi connectivity index (χ4n) is 1.90. The normalized spacial score (nSPS) is 26.4. The van der Waals surface area contributed by atoms with Crippen molar-refractivity contribution < 1.29 is 9.53 Å². The maximum Gasteiger partial charge on any atom is 0.159 e. The molecule has 0 aromatic carbocycles. The van der Waals surface area contributed by atoms with Gasteiger partial charge in [0.05, 0.1) is 18.2 Å². The lowest BCUT2D eigenvalue weighted by molar-refractivity contribution is -0.115. The molecule has 1 fully saturated rings. The Hall–Kier alpha value is -0.480. The van der Waals surface area contributed by atoms with Crippen LogP contribution in [0.5, 0.6) is 0 Å². The van der Waals surface area contributed by atoms with E-state index in [-0.39, 0.29) is 10.5 Å². The number of thioether (sulfide) groups is 1. The average Bonchev–Trinajstić information content (AvgIpc) is 2.16. The number of rotatable bonds is 1. The van der Waals surface area contributed by atoms with Crippen LogP contribution in [-0.4, -0.2) is 41.7 Å². The summed E-state index contributed by atoms with van der Waals surface area (Å²) in [4.78, 5) is 13.8. The Kier molecular flexibility index (Phi) is 3.07. The Labute approximate surface area is 94.8 Å². The minimum Gasteiger partial charge on any atom is -0.378 e. The zero-order valence-corrected chi connectivity index (χ0v) is 10.1. The molecule has 2 aliphatic heterocycles. The monoisotopic (exact) mass is 227 g/mol. The SMILES string of the molecule is CC1(C)CC(=O)C=C(N2CCOCC2)S1. The summed E-state index contributed by atoms with van der Waals surface area (Å²) in [6.07, 6.45) is 2.44. The topological polar surface area (TPSA) is 29.5 Å². The van der Waals surface area contributed by atoms with Gasteiger partial charge < -0.3 is 9.64 Å². The van der Waals surface area contributed by atoms with Crippen LogP contribution in [0.4, 0.5) is 0 Å². The number of carbonyl (C=O) groups is 1. The lowest BCUT2D eigenvalue weighted by Gasteiger charge is -2.36. The number of carbonyl (C=O) groups excluding carboxylic acids is 1. The van der Waals surface area contributed by atoms with Gasteiger partial charge in [-0.3, -0.25) is 4.79 Å². The Balaban J connectivity index is 2.10. The highest BCUT2D eigenvalue weighted by molar-refractivity contribution is 8.04. The van der Waals surface area contributed by atoms with Crippen LogP contribution >= 0.6 is 11.8 Å². The van der Waals surface area contributed by atoms with E-state index in [4.69, 9.17) is 4.74 Å². The molecule has 0 atom stereocenters. The molecular formula is C11H17NO2S. The minimum atomic E-state index is 0.0411. The summed E-state index contributed by atoms with van der Waals surface area (Å²) < 4.78 is 5.35. The summed E-state index contributed by atoms with van der Waals surface area (Å²) in [5, 5.41) is 1.12. The van der Waals surface area contributed by atoms with Gasteiger partial charge in [-0.25, -0.2) is 0 Å². The van der Waals surface area contributed by atoms with Crippen LogP contribution < -0.4 is 0 Å². The molecule has 0 bridgehead atoms. The molecule has 4 heteroatoms. The molecule has 0 aliphatic carbocycles. The maximum absolute atomic E-state index is 11.6. The second-order valence-electron chi connectivity index (χ2n) is 4.59. The van der Waals surface area contributed by atoms with Crippen LogP contribution in [0.15, 0.2) is 11.1 Å². The van der Waals surface area contributed by atoms with Gasteiger partial charge in [0.15, 0.2) is 5.78 Å². The summed E-state index contributed by atoms with van der Waals surface area (Å²) in [6.45, 7) is 7.61. The van der Waals surface area contributed by atoms with Crippen LogP contribution in [0.2, 0.25) is 0 Å². The number of ketones is 1. The van der Waals surface area contributed by atoms with Crippen LogP contribution in [0.1, 0.15) is 20.3 Å². The summed E-state index contributed by atoms with van der Waals surface area (Å²) in [5.41, 5.74) is 0. The van der Waals surface area contributed by atoms with Gasteiger partial charge in [-0.1, -0.05) is 0 Å². The smallest absolute Gasteiger partial charge is 0.159 e. The van der Waals surface area contributed by atoms with Crippen molar-refractivity contribution in [3.05, 3.63) is 11.1 Å². The molecule has 2 aliphatic rings. The highest BCUT2D eigenvalue weighted by atomic mass is 32.2. The van der Waals surface area contributed by atoms with Gasteiger partial charge in [0.25, 0.3) is 0 Å². The van der Waals surface area contributed by atoms with E-state index >= 15 is 0 Å². The molecule has 0 spiro atoms. The second-order valence-corrected chi connectivity index (χ2v) is 6.31. The molecular weight excluding hydrogens is 210 g/mol. The first kappa shape index (κ1) is 11.0. The summed E-state index contributed by atoms with van der Waals surface area (Å²) in [6, 6.07) is 0. The molecule has 0 N–H and O–H groups in total. The first-order valence-electron chi connectivity index (χ1n) is 5.33. The Morgan fingerprint density at radius 3 is 2.67 bits per heavy atom. The van der Waals surface area contributed by atoms with Crippen molar-refractivity contribution >= 4 is 17.5 Å². The van der Waals surface area contributed by atoms with Crippen molar-refractivity contribution in [1.29, 1.82) is 0 Å². The quantitative estimate of drug-likeness (QED) is 0.681. The van der Waals surface area contributed by atoms with E-state index in [9.17, 15) is 4.79 Å². The molecule has 0 unspecified atom stereocenters. The summed E-state index contributed by atoms with van der Waals surface area (Å²) in [7, 11) is 0. The largest absolute Gasteiger partial charge is 0.378 e. The summed E-state index contributed by atoms with van der Waals surface area (Å²) >= 11 is 1.81. The second kappa shape index (κ2) is 4.18. The Morgan fingerprint density at radius 2 is 2.07 bits per heavy atom. The molecule has 3 nitrogen and oxygen atoms in total. The molecule has 0 aromatic heterocycles. The van der Waals surface area contributed by atoms with Crippen molar-refractivity contribution in [3.8, 4) is 0 Å². The van der Waals surface area contributed by atoms with E-state index in [1.165, 1.54) is 0 Å². The highest BCUT2D eigenvalue weighted by Crippen LogP contribution is 2.40. The molecule has 0 aromatic rings. The predicted octanol–water partition coefficient (Wildman–Crippen LogP) is 1.64. The fraction of sp³-hybridized carbons (Fsp3) is 0.727. The molecule has 0 radical (unpaired) electrons. The van der Waals surface area contributed by atoms with Crippen molar-refractivity contribution in [2.45, 2.75) is 25.0 Å². The van der Waals surface area contributed by atoms with E-state index in [0.29, 0.717) is 6.42 Å². The Bertz CT molecular complexity index is 293. The zero-order valence-electron chi connectivity index (χ0n) is 9.28. The van der Waals surface area contributed by atoms with Crippen LogP contribution in [0.3, 0.4) is 0 Å². The number of ether oxygens (including phenoxy) is 1. The van der Waals surface area contributed by atoms with Gasteiger partial charge in [-0.15, -0.1) is 11.8 Å². The van der Waals surface area contributed by atoms with Gasteiger partial charge in [0, 0.05) is 30.3 Å². The first-order valence-corrected chi connectivity index (χ1v) is 6.15. The minimum absolute atomic E-state index is 0.0411. The van der Waals surface area contributed by atoms with Crippen molar-refractivity contribution in [1.82, 2.24) is 4.90 Å². The lowest BCUT2D eigenvalue weighted by atomic mass is 10.1. The molecule has 0 saturated carbocycles. The van der Waals surface area contributed by atoms with Gasteiger partial charge in [0.2, 0.25) is 0 Å². The van der Waals surface area contributed by atoms with E-state index in [1.807, 2.05) is 11.8 Å². The number of hydrogen-bond donors (Lipinski definition) is 0. The van der Waals surface area contributed by atoms with Crippen LogP contribution in [0, 0.1) is 0 Å². The molecule has 15 heavy (non-hydrogen) atoms. The molecule has 2 heterocycles. The van der Waals surface area contributed by atoms with E-state index < -0.39 is 0 Å². The van der Waals surface area contributed by atoms with Gasteiger partial charge in [-0.2, -0.15) is 0 Å². The Morgan fingerprint density at radius 1 is 1.40 bits per heavy atom. The van der Waals surface area contributed by atoms with E-state index in [2.05, 4.69) is 18.7 Å². The lowest BCUT2D eigenvalue weighted by Crippen LogP contribution is -2.38. The third-order valence-corrected chi connectivity index (χ3v) is 3.87. The molecule has 84 valence electrons. The zero-order chi connectivity index (χ0) is 10.9. The summed E-state index contributed by atoms with van der Waals surface area (Å²) in [5.74, 6) is 0.250. The number of hydrogen-bond acceptors (Lipinski definition) is 4. The molecule has 0 amide bonds. The predicted molar refractivity (Wildman–Crippen MR) is 61.8 cm³/mol. The standard InChI is InChI=1S/C11H17NO2S/c1-11(2)8-9(13)7-10(15-11)12-3-5-14-6-4-12/h7H,3-6,8H2,1-2H3. The van der Waals surface area contributed by atoms with Gasteiger partial charge in [0.1, 0.15) is 0 Å². The van der Waals surface area contributed by atoms with E-state index in [0.717, 1.165) is 31.3 Å². The molecule has 1 saturated heterocycles. The van der Waals surface area contributed by atoms with Crippen LogP contribution in [-0.2, 0) is 9.53 Å². The third kappa shape index (κ3) is 2.75. The molecule has 2 rings (SSSR count). The van der Waals surface area contributed by atoms with Gasteiger partial charge >= 0.3 is 0 Å². The van der Waals surface area contributed by atoms with Crippen molar-refractivity contribution in [2.24, 2.45) is 0 Å². The van der Waals surface area contributed by atoms with Crippen molar-refractivity contribution in [2.75, 3.05) is 26.3 Å². The van der Waals surface area contributed by atoms with Gasteiger partial charge in [-0.05, 0) is 13.8 Å². The van der Waals surface area contributed by atoms with Crippen LogP contribution in [0.25, 0.3) is 0 Å².